The molecule has 0 spiro atoms. The van der Waals surface area contributed by atoms with E-state index in [9.17, 15) is 4.79 Å². The summed E-state index contributed by atoms with van der Waals surface area (Å²) in [7, 11) is 0. The Labute approximate surface area is 114 Å². The molecule has 94 valence electrons. The van der Waals surface area contributed by atoms with Crippen LogP contribution < -0.4 is 4.74 Å². The molecule has 0 aliphatic carbocycles. The molecule has 0 heterocycles. The Morgan fingerprint density at radius 2 is 1.71 bits per heavy atom. The van der Waals surface area contributed by atoms with Crippen LogP contribution in [-0.4, -0.2) is 17.2 Å². The predicted molar refractivity (Wildman–Crippen MR) is 68.4 cm³/mol. The van der Waals surface area contributed by atoms with Gasteiger partial charge >= 0.3 is 5.97 Å². The van der Waals surface area contributed by atoms with E-state index >= 15 is 0 Å². The Kier molecular flexibility index (Phi) is 4.92. The van der Waals surface area contributed by atoms with Crippen molar-refractivity contribution in [2.24, 2.45) is 5.92 Å². The second kappa shape index (κ2) is 5.80. The number of halogens is 3. The Morgan fingerprint density at radius 1 is 1.24 bits per heavy atom. The number of hydrogen-bond acceptors (Lipinski definition) is 2. The quantitative estimate of drug-likeness (QED) is 0.908. The van der Waals surface area contributed by atoms with Gasteiger partial charge in [0.1, 0.15) is 0 Å². The molecule has 0 saturated heterocycles. The van der Waals surface area contributed by atoms with Crippen molar-refractivity contribution in [2.75, 3.05) is 0 Å². The fourth-order valence-electron chi connectivity index (χ4n) is 1.24. The average molecular weight is 298 g/mol. The summed E-state index contributed by atoms with van der Waals surface area (Å²) in [6.45, 7) is 3.47. The van der Waals surface area contributed by atoms with Crippen LogP contribution >= 0.6 is 34.8 Å². The molecule has 0 aliphatic rings. The molecule has 0 bridgehead atoms. The minimum absolute atomic E-state index is 0.138. The maximum Gasteiger partial charge on any atom is 0.345 e. The molecule has 17 heavy (non-hydrogen) atoms. The summed E-state index contributed by atoms with van der Waals surface area (Å²) in [5, 5.41) is 9.75. The van der Waals surface area contributed by atoms with E-state index in [1.54, 1.807) is 13.8 Å². The van der Waals surface area contributed by atoms with Crippen LogP contribution in [0.5, 0.6) is 5.75 Å². The summed E-state index contributed by atoms with van der Waals surface area (Å²) in [6, 6.07) is 2.90. The SMILES string of the molecule is CC(C)C(Oc1c(Cl)cc(Cl)cc1Cl)C(=O)O. The standard InChI is InChI=1S/C11H11Cl3O3/c1-5(2)9(11(15)16)17-10-7(13)3-6(12)4-8(10)14/h3-5,9H,1-2H3,(H,15,16). The zero-order valence-electron chi connectivity index (χ0n) is 9.21. The minimum Gasteiger partial charge on any atom is -0.478 e. The lowest BCUT2D eigenvalue weighted by molar-refractivity contribution is -0.147. The van der Waals surface area contributed by atoms with Crippen molar-refractivity contribution in [3.05, 3.63) is 27.2 Å². The Hall–Kier alpha value is -0.640. The molecule has 1 aromatic rings. The molecule has 1 aromatic carbocycles. The Morgan fingerprint density at radius 3 is 2.06 bits per heavy atom. The summed E-state index contributed by atoms with van der Waals surface area (Å²) in [6.07, 6.45) is -1.01. The number of carboxylic acids is 1. The molecule has 1 rings (SSSR count). The number of aliphatic carboxylic acids is 1. The van der Waals surface area contributed by atoms with E-state index in [0.29, 0.717) is 5.02 Å². The number of rotatable bonds is 4. The zero-order valence-corrected chi connectivity index (χ0v) is 11.5. The van der Waals surface area contributed by atoms with Gasteiger partial charge in [-0.2, -0.15) is 0 Å². The monoisotopic (exact) mass is 296 g/mol. The summed E-state index contributed by atoms with van der Waals surface area (Å²) in [5.74, 6) is -1.14. The third-order valence-corrected chi connectivity index (χ3v) is 2.84. The van der Waals surface area contributed by atoms with Crippen molar-refractivity contribution in [3.8, 4) is 5.75 Å². The van der Waals surface area contributed by atoms with Gasteiger partial charge in [0.15, 0.2) is 11.9 Å². The van der Waals surface area contributed by atoms with Crippen LogP contribution in [-0.2, 0) is 4.79 Å². The van der Waals surface area contributed by atoms with E-state index < -0.39 is 12.1 Å². The highest BCUT2D eigenvalue weighted by molar-refractivity contribution is 6.40. The van der Waals surface area contributed by atoms with Gasteiger partial charge in [-0.25, -0.2) is 4.79 Å². The predicted octanol–water partition coefficient (Wildman–Crippen LogP) is 4.13. The number of hydrogen-bond donors (Lipinski definition) is 1. The van der Waals surface area contributed by atoms with Crippen LogP contribution in [0.15, 0.2) is 12.1 Å². The lowest BCUT2D eigenvalue weighted by atomic mass is 10.1. The van der Waals surface area contributed by atoms with Gasteiger partial charge in [-0.1, -0.05) is 48.7 Å². The van der Waals surface area contributed by atoms with Crippen molar-refractivity contribution < 1.29 is 14.6 Å². The molecule has 0 aliphatic heterocycles. The average Bonchev–Trinajstić information content (AvgIpc) is 2.14. The molecule has 1 unspecified atom stereocenters. The van der Waals surface area contributed by atoms with Gasteiger partial charge in [-0.3, -0.25) is 0 Å². The second-order valence-corrected chi connectivity index (χ2v) is 5.07. The molecule has 0 saturated carbocycles. The lowest BCUT2D eigenvalue weighted by Gasteiger charge is -2.20. The normalized spacial score (nSPS) is 12.6. The lowest BCUT2D eigenvalue weighted by Crippen LogP contribution is -2.32. The van der Waals surface area contributed by atoms with Gasteiger partial charge in [-0.05, 0) is 12.1 Å². The number of ether oxygens (including phenoxy) is 1. The van der Waals surface area contributed by atoms with Gasteiger partial charge in [0.25, 0.3) is 0 Å². The highest BCUT2D eigenvalue weighted by Crippen LogP contribution is 2.37. The van der Waals surface area contributed by atoms with Gasteiger partial charge in [0.2, 0.25) is 0 Å². The van der Waals surface area contributed by atoms with Gasteiger partial charge < -0.3 is 9.84 Å². The molecule has 0 radical (unpaired) electrons. The van der Waals surface area contributed by atoms with E-state index in [2.05, 4.69) is 0 Å². The first-order valence-corrected chi connectivity index (χ1v) is 6.00. The van der Waals surface area contributed by atoms with Gasteiger partial charge in [0.05, 0.1) is 10.0 Å². The van der Waals surface area contributed by atoms with Gasteiger partial charge in [-0.15, -0.1) is 0 Å². The van der Waals surface area contributed by atoms with Crippen LogP contribution in [0.3, 0.4) is 0 Å². The molecule has 0 fully saturated rings. The first kappa shape index (κ1) is 14.4. The Bertz CT molecular complexity index is 409. The van der Waals surface area contributed by atoms with Gasteiger partial charge in [0, 0.05) is 10.9 Å². The molecular weight excluding hydrogens is 286 g/mol. The van der Waals surface area contributed by atoms with Crippen molar-refractivity contribution in [1.82, 2.24) is 0 Å². The third-order valence-electron chi connectivity index (χ3n) is 2.06. The van der Waals surface area contributed by atoms with Crippen LogP contribution in [0.2, 0.25) is 15.1 Å². The Balaban J connectivity index is 3.05. The van der Waals surface area contributed by atoms with Crippen LogP contribution in [0.25, 0.3) is 0 Å². The summed E-state index contributed by atoms with van der Waals surface area (Å²) in [5.41, 5.74) is 0. The smallest absolute Gasteiger partial charge is 0.345 e. The molecule has 0 amide bonds. The number of carboxylic acid groups (broad SMARTS) is 1. The molecule has 1 N–H and O–H groups in total. The highest BCUT2D eigenvalue weighted by Gasteiger charge is 2.25. The number of benzene rings is 1. The van der Waals surface area contributed by atoms with E-state index in [1.807, 2.05) is 0 Å². The van der Waals surface area contributed by atoms with E-state index in [-0.39, 0.29) is 21.7 Å². The minimum atomic E-state index is -1.07. The highest BCUT2D eigenvalue weighted by atomic mass is 35.5. The molecule has 1 atom stereocenters. The van der Waals surface area contributed by atoms with E-state index in [1.165, 1.54) is 12.1 Å². The van der Waals surface area contributed by atoms with Crippen molar-refractivity contribution in [1.29, 1.82) is 0 Å². The van der Waals surface area contributed by atoms with Crippen molar-refractivity contribution >= 4 is 40.8 Å². The summed E-state index contributed by atoms with van der Waals surface area (Å²) < 4.78 is 5.33. The summed E-state index contributed by atoms with van der Waals surface area (Å²) in [4.78, 5) is 11.0. The van der Waals surface area contributed by atoms with Crippen LogP contribution in [0, 0.1) is 5.92 Å². The van der Waals surface area contributed by atoms with E-state index in [0.717, 1.165) is 0 Å². The molecular formula is C11H11Cl3O3. The fraction of sp³-hybridized carbons (Fsp3) is 0.364. The summed E-state index contributed by atoms with van der Waals surface area (Å²) >= 11 is 17.5. The molecule has 6 heteroatoms. The second-order valence-electron chi connectivity index (χ2n) is 3.82. The molecule has 3 nitrogen and oxygen atoms in total. The first-order valence-electron chi connectivity index (χ1n) is 4.87. The van der Waals surface area contributed by atoms with Crippen molar-refractivity contribution in [3.63, 3.8) is 0 Å². The molecule has 0 aromatic heterocycles. The fourth-order valence-corrected chi connectivity index (χ4v) is 2.15. The maximum absolute atomic E-state index is 11.0. The largest absolute Gasteiger partial charge is 0.478 e. The van der Waals surface area contributed by atoms with Crippen LogP contribution in [0.1, 0.15) is 13.8 Å². The first-order chi connectivity index (χ1) is 7.82. The zero-order chi connectivity index (χ0) is 13.2. The third kappa shape index (κ3) is 3.66. The van der Waals surface area contributed by atoms with E-state index in [4.69, 9.17) is 44.6 Å². The maximum atomic E-state index is 11.0. The van der Waals surface area contributed by atoms with Crippen molar-refractivity contribution in [2.45, 2.75) is 20.0 Å². The van der Waals surface area contributed by atoms with Crippen LogP contribution in [0.4, 0.5) is 0 Å². The topological polar surface area (TPSA) is 46.5 Å². The number of carbonyl (C=O) groups is 1.